The number of hydrogen-bond donors (Lipinski definition) is 0. The van der Waals surface area contributed by atoms with Crippen molar-refractivity contribution in [3.05, 3.63) is 53.7 Å². The van der Waals surface area contributed by atoms with Crippen molar-refractivity contribution in [3.8, 4) is 0 Å². The summed E-state index contributed by atoms with van der Waals surface area (Å²) in [6, 6.07) is 9.80. The van der Waals surface area contributed by atoms with Crippen LogP contribution in [-0.2, 0) is 9.59 Å². The Hall–Kier alpha value is -2.96. The van der Waals surface area contributed by atoms with Gasteiger partial charge in [0.1, 0.15) is 0 Å². The van der Waals surface area contributed by atoms with Gasteiger partial charge in [0, 0.05) is 44.1 Å². The topological polar surface area (TPSA) is 79.5 Å². The fourth-order valence-electron chi connectivity index (χ4n) is 4.27. The molecule has 2 saturated heterocycles. The highest BCUT2D eigenvalue weighted by Gasteiger charge is 2.33. The highest BCUT2D eigenvalue weighted by Crippen LogP contribution is 2.29. The molecule has 0 saturated carbocycles. The molecule has 0 radical (unpaired) electrons. The van der Waals surface area contributed by atoms with Crippen molar-refractivity contribution in [2.45, 2.75) is 38.5 Å². The van der Waals surface area contributed by atoms with Gasteiger partial charge in [0.25, 0.3) is 0 Å². The van der Waals surface area contributed by atoms with E-state index in [0.29, 0.717) is 24.8 Å². The summed E-state index contributed by atoms with van der Waals surface area (Å²) in [6.45, 7) is 4.53. The number of rotatable bonds is 4. The molecule has 7 nitrogen and oxygen atoms in total. The van der Waals surface area contributed by atoms with Gasteiger partial charge in [-0.25, -0.2) is 0 Å². The van der Waals surface area contributed by atoms with E-state index in [1.54, 1.807) is 6.08 Å². The molecule has 158 valence electrons. The number of aromatic nitrogens is 2. The first-order chi connectivity index (χ1) is 14.6. The van der Waals surface area contributed by atoms with Gasteiger partial charge in [-0.3, -0.25) is 9.59 Å². The molecule has 2 aromatic rings. The molecule has 2 fully saturated rings. The van der Waals surface area contributed by atoms with Gasteiger partial charge >= 0.3 is 0 Å². The molecule has 0 spiro atoms. The number of nitrogens with zero attached hydrogens (tertiary/aromatic N) is 4. The highest BCUT2D eigenvalue weighted by atomic mass is 16.5. The van der Waals surface area contributed by atoms with Crippen LogP contribution >= 0.6 is 0 Å². The van der Waals surface area contributed by atoms with Crippen LogP contribution in [0.1, 0.15) is 48.9 Å². The molecule has 2 aliphatic rings. The molecule has 2 aliphatic heterocycles. The van der Waals surface area contributed by atoms with Crippen molar-refractivity contribution in [3.63, 3.8) is 0 Å². The molecule has 0 unspecified atom stereocenters. The number of benzene rings is 1. The SMILES string of the molecule is Cc1noc(C2CCN(C(=O)C3CCN(C(=O)C=Cc4ccccc4)CC3)CC2)n1. The van der Waals surface area contributed by atoms with E-state index >= 15 is 0 Å². The predicted molar refractivity (Wildman–Crippen MR) is 112 cm³/mol. The molecular weight excluding hydrogens is 380 g/mol. The normalized spacial score (nSPS) is 18.8. The van der Waals surface area contributed by atoms with Crippen molar-refractivity contribution < 1.29 is 14.1 Å². The number of carbonyl (C=O) groups is 2. The maximum absolute atomic E-state index is 12.9. The van der Waals surface area contributed by atoms with Crippen LogP contribution in [0.4, 0.5) is 0 Å². The maximum Gasteiger partial charge on any atom is 0.246 e. The fraction of sp³-hybridized carbons (Fsp3) is 0.478. The van der Waals surface area contributed by atoms with E-state index in [9.17, 15) is 9.59 Å². The van der Waals surface area contributed by atoms with E-state index in [4.69, 9.17) is 4.52 Å². The Labute approximate surface area is 176 Å². The standard InChI is InChI=1S/C23H28N4O3/c1-17-24-22(30-25-17)19-9-15-27(16-10-19)23(29)20-11-13-26(14-12-20)21(28)8-7-18-5-3-2-4-6-18/h2-8,19-20H,9-16H2,1H3. The smallest absolute Gasteiger partial charge is 0.246 e. The minimum absolute atomic E-state index is 0.00866. The van der Waals surface area contributed by atoms with Crippen LogP contribution in [0.25, 0.3) is 6.08 Å². The first-order valence-corrected chi connectivity index (χ1v) is 10.7. The van der Waals surface area contributed by atoms with Crippen molar-refractivity contribution >= 4 is 17.9 Å². The number of carbonyl (C=O) groups excluding carboxylic acids is 2. The third kappa shape index (κ3) is 4.78. The maximum atomic E-state index is 12.9. The molecule has 1 aromatic carbocycles. The van der Waals surface area contributed by atoms with E-state index in [0.717, 1.165) is 44.3 Å². The van der Waals surface area contributed by atoms with Crippen LogP contribution in [0.2, 0.25) is 0 Å². The highest BCUT2D eigenvalue weighted by molar-refractivity contribution is 5.92. The van der Waals surface area contributed by atoms with Gasteiger partial charge in [-0.2, -0.15) is 4.98 Å². The van der Waals surface area contributed by atoms with Crippen molar-refractivity contribution in [1.29, 1.82) is 0 Å². The lowest BCUT2D eigenvalue weighted by Crippen LogP contribution is -2.46. The molecule has 4 rings (SSSR count). The number of piperidine rings is 2. The van der Waals surface area contributed by atoms with Crippen LogP contribution in [0.3, 0.4) is 0 Å². The van der Waals surface area contributed by atoms with Gasteiger partial charge < -0.3 is 14.3 Å². The molecule has 30 heavy (non-hydrogen) atoms. The van der Waals surface area contributed by atoms with Gasteiger partial charge in [-0.05, 0) is 44.2 Å². The Balaban J connectivity index is 1.23. The van der Waals surface area contributed by atoms with Crippen LogP contribution in [0.5, 0.6) is 0 Å². The van der Waals surface area contributed by atoms with Gasteiger partial charge in [0.2, 0.25) is 17.7 Å². The molecule has 1 aromatic heterocycles. The summed E-state index contributed by atoms with van der Waals surface area (Å²) in [7, 11) is 0. The van der Waals surface area contributed by atoms with Crippen molar-refractivity contribution in [2.24, 2.45) is 5.92 Å². The van der Waals surface area contributed by atoms with Gasteiger partial charge in [-0.15, -0.1) is 0 Å². The zero-order valence-corrected chi connectivity index (χ0v) is 17.4. The summed E-state index contributed by atoms with van der Waals surface area (Å²) in [5.41, 5.74) is 1.01. The molecule has 0 atom stereocenters. The molecule has 7 heteroatoms. The van der Waals surface area contributed by atoms with Crippen molar-refractivity contribution in [2.75, 3.05) is 26.2 Å². The van der Waals surface area contributed by atoms with Gasteiger partial charge in [0.05, 0.1) is 0 Å². The molecule has 0 aliphatic carbocycles. The fourth-order valence-corrected chi connectivity index (χ4v) is 4.27. The molecular formula is C23H28N4O3. The monoisotopic (exact) mass is 408 g/mol. The summed E-state index contributed by atoms with van der Waals surface area (Å²) in [5, 5.41) is 3.87. The van der Waals surface area contributed by atoms with Crippen LogP contribution < -0.4 is 0 Å². The largest absolute Gasteiger partial charge is 0.342 e. The molecule has 0 bridgehead atoms. The van der Waals surface area contributed by atoms with E-state index in [1.165, 1.54) is 0 Å². The number of hydrogen-bond acceptors (Lipinski definition) is 5. The number of amides is 2. The Morgan fingerprint density at radius 1 is 1.00 bits per heavy atom. The second-order valence-electron chi connectivity index (χ2n) is 8.12. The molecule has 3 heterocycles. The van der Waals surface area contributed by atoms with Crippen LogP contribution in [0.15, 0.2) is 40.9 Å². The lowest BCUT2D eigenvalue weighted by molar-refractivity contribution is -0.140. The number of likely N-dealkylation sites (tertiary alicyclic amines) is 2. The lowest BCUT2D eigenvalue weighted by atomic mass is 9.92. The minimum Gasteiger partial charge on any atom is -0.342 e. The zero-order chi connectivity index (χ0) is 20.9. The Bertz CT molecular complexity index is 892. The average Bonchev–Trinajstić information content (AvgIpc) is 3.24. The zero-order valence-electron chi connectivity index (χ0n) is 17.4. The second-order valence-corrected chi connectivity index (χ2v) is 8.12. The second kappa shape index (κ2) is 9.24. The van der Waals surface area contributed by atoms with Crippen LogP contribution in [0, 0.1) is 12.8 Å². The predicted octanol–water partition coefficient (Wildman–Crippen LogP) is 3.04. The van der Waals surface area contributed by atoms with E-state index < -0.39 is 0 Å². The quantitative estimate of drug-likeness (QED) is 0.727. The summed E-state index contributed by atoms with van der Waals surface area (Å²) in [5.74, 6) is 1.83. The first-order valence-electron chi connectivity index (χ1n) is 10.7. The first kappa shape index (κ1) is 20.3. The average molecular weight is 409 g/mol. The summed E-state index contributed by atoms with van der Waals surface area (Å²) in [6.07, 6.45) is 6.64. The third-order valence-corrected chi connectivity index (χ3v) is 6.07. The Kier molecular flexibility index (Phi) is 6.26. The molecule has 0 N–H and O–H groups in total. The number of aryl methyl sites for hydroxylation is 1. The Morgan fingerprint density at radius 2 is 1.67 bits per heavy atom. The Morgan fingerprint density at radius 3 is 2.30 bits per heavy atom. The summed E-state index contributed by atoms with van der Waals surface area (Å²) < 4.78 is 5.29. The molecule has 2 amide bonds. The summed E-state index contributed by atoms with van der Waals surface area (Å²) in [4.78, 5) is 33.5. The van der Waals surface area contributed by atoms with E-state index in [-0.39, 0.29) is 23.7 Å². The lowest BCUT2D eigenvalue weighted by Gasteiger charge is -2.36. The van der Waals surface area contributed by atoms with Crippen LogP contribution in [-0.4, -0.2) is 57.9 Å². The summed E-state index contributed by atoms with van der Waals surface area (Å²) >= 11 is 0. The van der Waals surface area contributed by atoms with Gasteiger partial charge in [0.15, 0.2) is 5.82 Å². The van der Waals surface area contributed by atoms with Gasteiger partial charge in [-0.1, -0.05) is 35.5 Å². The third-order valence-electron chi connectivity index (χ3n) is 6.07. The minimum atomic E-state index is 0.00866. The van der Waals surface area contributed by atoms with E-state index in [2.05, 4.69) is 10.1 Å². The van der Waals surface area contributed by atoms with Crippen molar-refractivity contribution in [1.82, 2.24) is 19.9 Å². The van der Waals surface area contributed by atoms with E-state index in [1.807, 2.05) is 53.1 Å².